The van der Waals surface area contributed by atoms with Crippen molar-refractivity contribution < 1.29 is 0 Å². The smallest absolute Gasteiger partial charge is 0.138 e. The summed E-state index contributed by atoms with van der Waals surface area (Å²) in [4.78, 5) is 2.49. The van der Waals surface area contributed by atoms with Gasteiger partial charge in [-0.25, -0.2) is 0 Å². The highest BCUT2D eigenvalue weighted by Crippen LogP contribution is 2.52. The van der Waals surface area contributed by atoms with Gasteiger partial charge in [0.05, 0.1) is 0 Å². The van der Waals surface area contributed by atoms with Crippen LogP contribution in [0.1, 0.15) is 31.4 Å². The maximum atomic E-state index is 6.01. The first kappa shape index (κ1) is 10.00. The van der Waals surface area contributed by atoms with Crippen LogP contribution in [0.15, 0.2) is 0 Å². The normalized spacial score (nSPS) is 24.6. The fraction of sp³-hybridized carbons (Fsp3) is 0.800. The van der Waals surface area contributed by atoms with Gasteiger partial charge in [-0.2, -0.15) is 0 Å². The Morgan fingerprint density at radius 1 is 1.40 bits per heavy atom. The Hall–Kier alpha value is -0.190. The third-order valence-corrected chi connectivity index (χ3v) is 4.56. The summed E-state index contributed by atoms with van der Waals surface area (Å²) in [6.07, 6.45) is 5.60. The molecule has 1 saturated heterocycles. The van der Waals surface area contributed by atoms with Crippen LogP contribution < -0.4 is 0 Å². The molecule has 0 bridgehead atoms. The Labute approximate surface area is 98.6 Å². The summed E-state index contributed by atoms with van der Waals surface area (Å²) in [7, 11) is 0. The molecule has 0 radical (unpaired) electrons. The van der Waals surface area contributed by atoms with E-state index in [0.29, 0.717) is 5.41 Å². The van der Waals surface area contributed by atoms with Crippen molar-refractivity contribution >= 4 is 23.1 Å². The molecule has 0 aromatic carbocycles. The average Bonchev–Trinajstić information content (AvgIpc) is 2.84. The third kappa shape index (κ3) is 2.03. The van der Waals surface area contributed by atoms with Gasteiger partial charge < -0.3 is 0 Å². The molecule has 1 saturated carbocycles. The van der Waals surface area contributed by atoms with Crippen LogP contribution in [0, 0.1) is 5.41 Å². The second-order valence-corrected chi connectivity index (χ2v) is 6.16. The lowest BCUT2D eigenvalue weighted by Gasteiger charge is -2.32. The zero-order chi connectivity index (χ0) is 10.3. The van der Waals surface area contributed by atoms with Crippen molar-refractivity contribution in [3.63, 3.8) is 0 Å². The molecular formula is C10H14ClN3S. The minimum Gasteiger partial charge on any atom is -0.297 e. The summed E-state index contributed by atoms with van der Waals surface area (Å²) in [5.41, 5.74) is 1.63. The summed E-state index contributed by atoms with van der Waals surface area (Å²) in [6, 6.07) is 0. The van der Waals surface area contributed by atoms with Crippen LogP contribution >= 0.6 is 23.1 Å². The molecule has 82 valence electrons. The molecular weight excluding hydrogens is 230 g/mol. The van der Waals surface area contributed by atoms with Gasteiger partial charge in [-0.3, -0.25) is 4.90 Å². The highest BCUT2D eigenvalue weighted by molar-refractivity contribution is 7.10. The van der Waals surface area contributed by atoms with Crippen LogP contribution in [-0.4, -0.2) is 27.6 Å². The quantitative estimate of drug-likeness (QED) is 0.800. The van der Waals surface area contributed by atoms with E-state index >= 15 is 0 Å². The predicted octanol–water partition coefficient (Wildman–Crippen LogP) is 2.57. The lowest BCUT2D eigenvalue weighted by molar-refractivity contribution is 0.152. The van der Waals surface area contributed by atoms with E-state index in [4.69, 9.17) is 11.6 Å². The van der Waals surface area contributed by atoms with E-state index in [2.05, 4.69) is 14.5 Å². The minimum absolute atomic E-state index is 0.675. The van der Waals surface area contributed by atoms with Crippen molar-refractivity contribution in [2.45, 2.75) is 32.2 Å². The maximum Gasteiger partial charge on any atom is 0.138 e. The molecule has 15 heavy (non-hydrogen) atoms. The predicted molar refractivity (Wildman–Crippen MR) is 61.1 cm³/mol. The zero-order valence-corrected chi connectivity index (χ0v) is 10.2. The number of hydrogen-bond acceptors (Lipinski definition) is 4. The molecule has 0 amide bonds. The lowest BCUT2D eigenvalue weighted by Crippen LogP contribution is -2.36. The van der Waals surface area contributed by atoms with E-state index in [9.17, 15) is 0 Å². The molecule has 1 aliphatic carbocycles. The van der Waals surface area contributed by atoms with Gasteiger partial charge in [0.25, 0.3) is 0 Å². The molecule has 0 unspecified atom stereocenters. The summed E-state index contributed by atoms with van der Waals surface area (Å²) in [5, 5.41) is 4.07. The van der Waals surface area contributed by atoms with Crippen molar-refractivity contribution in [1.29, 1.82) is 0 Å². The Bertz CT molecular complexity index is 361. The van der Waals surface area contributed by atoms with Gasteiger partial charge in [0.2, 0.25) is 0 Å². The first-order chi connectivity index (χ1) is 7.27. The number of piperidine rings is 1. The van der Waals surface area contributed by atoms with Gasteiger partial charge in [-0.1, -0.05) is 16.1 Å². The topological polar surface area (TPSA) is 29.0 Å². The van der Waals surface area contributed by atoms with Crippen LogP contribution in [0.5, 0.6) is 0 Å². The van der Waals surface area contributed by atoms with E-state index in [1.165, 1.54) is 50.3 Å². The Morgan fingerprint density at radius 2 is 2.27 bits per heavy atom. The van der Waals surface area contributed by atoms with Gasteiger partial charge in [0.1, 0.15) is 10.0 Å². The van der Waals surface area contributed by atoms with Crippen molar-refractivity contribution in [3.8, 4) is 0 Å². The number of likely N-dealkylation sites (tertiary alicyclic amines) is 1. The van der Waals surface area contributed by atoms with Crippen LogP contribution in [0.4, 0.5) is 0 Å². The Balaban J connectivity index is 1.65. The van der Waals surface area contributed by atoms with Gasteiger partial charge >= 0.3 is 0 Å². The van der Waals surface area contributed by atoms with E-state index in [-0.39, 0.29) is 0 Å². The molecule has 1 aliphatic heterocycles. The number of hydrogen-bond donors (Lipinski definition) is 0. The van der Waals surface area contributed by atoms with Gasteiger partial charge in [-0.05, 0) is 37.6 Å². The van der Waals surface area contributed by atoms with E-state index in [0.717, 1.165) is 16.6 Å². The van der Waals surface area contributed by atoms with Gasteiger partial charge in [-0.15, -0.1) is 5.10 Å². The van der Waals surface area contributed by atoms with Crippen molar-refractivity contribution in [2.75, 3.05) is 13.1 Å². The SMILES string of the molecule is Clc1snnc1CN1CCCC2(CC2)C1. The van der Waals surface area contributed by atoms with Gasteiger partial charge in [0, 0.05) is 24.6 Å². The van der Waals surface area contributed by atoms with Crippen LogP contribution in [0.25, 0.3) is 0 Å². The van der Waals surface area contributed by atoms with Crippen molar-refractivity contribution in [1.82, 2.24) is 14.5 Å². The first-order valence-electron chi connectivity index (χ1n) is 5.47. The molecule has 3 rings (SSSR count). The second-order valence-electron chi connectivity index (χ2n) is 4.81. The second kappa shape index (κ2) is 3.68. The van der Waals surface area contributed by atoms with E-state index in [1.54, 1.807) is 0 Å². The summed E-state index contributed by atoms with van der Waals surface area (Å²) in [5.74, 6) is 0. The van der Waals surface area contributed by atoms with Crippen molar-refractivity contribution in [3.05, 3.63) is 10.0 Å². The van der Waals surface area contributed by atoms with E-state index < -0.39 is 0 Å². The molecule has 0 atom stereocenters. The first-order valence-corrected chi connectivity index (χ1v) is 6.62. The maximum absolute atomic E-state index is 6.01. The fourth-order valence-electron chi connectivity index (χ4n) is 2.53. The van der Waals surface area contributed by atoms with Gasteiger partial charge in [0.15, 0.2) is 0 Å². The standard InChI is InChI=1S/C10H14ClN3S/c11-9-8(12-13-15-9)6-14-5-1-2-10(7-14)3-4-10/h1-7H2. The van der Waals surface area contributed by atoms with Crippen molar-refractivity contribution in [2.24, 2.45) is 5.41 Å². The van der Waals surface area contributed by atoms with Crippen LogP contribution in [0.3, 0.4) is 0 Å². The fourth-order valence-corrected chi connectivity index (χ4v) is 3.15. The molecule has 1 aromatic heterocycles. The third-order valence-electron chi connectivity index (χ3n) is 3.58. The molecule has 0 N–H and O–H groups in total. The number of halogens is 1. The average molecular weight is 244 g/mol. The Kier molecular flexibility index (Phi) is 2.45. The highest BCUT2D eigenvalue weighted by Gasteiger charge is 2.45. The molecule has 1 spiro atoms. The molecule has 2 fully saturated rings. The summed E-state index contributed by atoms with van der Waals surface area (Å²) < 4.78 is 4.63. The summed E-state index contributed by atoms with van der Waals surface area (Å²) in [6.45, 7) is 3.31. The molecule has 2 aliphatic rings. The number of rotatable bonds is 2. The highest BCUT2D eigenvalue weighted by atomic mass is 35.5. The van der Waals surface area contributed by atoms with E-state index in [1.807, 2.05) is 0 Å². The zero-order valence-electron chi connectivity index (χ0n) is 8.58. The lowest BCUT2D eigenvalue weighted by atomic mass is 9.95. The van der Waals surface area contributed by atoms with Crippen LogP contribution in [-0.2, 0) is 6.54 Å². The minimum atomic E-state index is 0.675. The van der Waals surface area contributed by atoms with Crippen LogP contribution in [0.2, 0.25) is 4.34 Å². The molecule has 2 heterocycles. The number of aromatic nitrogens is 2. The largest absolute Gasteiger partial charge is 0.297 e. The monoisotopic (exact) mass is 243 g/mol. The Morgan fingerprint density at radius 3 is 2.93 bits per heavy atom. The number of nitrogens with zero attached hydrogens (tertiary/aromatic N) is 3. The molecule has 1 aromatic rings. The molecule has 5 heteroatoms. The molecule has 3 nitrogen and oxygen atoms in total. The summed E-state index contributed by atoms with van der Waals surface area (Å²) >= 11 is 7.30.